The second-order valence-corrected chi connectivity index (χ2v) is 11.9. The first-order chi connectivity index (χ1) is 21.7. The molecule has 0 radical (unpaired) electrons. The average Bonchev–Trinajstić information content (AvgIpc) is 3.37. The number of carbonyl (C=O) groups is 2. The normalized spacial score (nSPS) is 19.7. The highest BCUT2D eigenvalue weighted by Gasteiger charge is 2.39. The molecule has 1 amide bonds. The highest BCUT2D eigenvalue weighted by molar-refractivity contribution is 6.40. The van der Waals surface area contributed by atoms with Crippen molar-refractivity contribution < 1.29 is 29.3 Å². The van der Waals surface area contributed by atoms with Gasteiger partial charge < -0.3 is 29.6 Å². The van der Waals surface area contributed by atoms with Gasteiger partial charge in [-0.15, -0.1) is 0 Å². The summed E-state index contributed by atoms with van der Waals surface area (Å²) in [5.74, 6) is -1.15. The van der Waals surface area contributed by atoms with Gasteiger partial charge in [0.1, 0.15) is 5.15 Å². The minimum Gasteiger partial charge on any atom is -0.481 e. The summed E-state index contributed by atoms with van der Waals surface area (Å²) in [4.78, 5) is 27.0. The SMILES string of the molecule is C[C@@H]1[C@H](Cn2cnc(Cl)c2Cl)O[C@H](c2cccc(-c3cccc(CNC(=O)CCCC(=O)O)c3)c2)O[C@@H]1c1ccc(CO)cc1. The number of carbonyl (C=O) groups excluding carboxylic acids is 1. The van der Waals surface area contributed by atoms with Crippen LogP contribution in [-0.4, -0.2) is 37.7 Å². The van der Waals surface area contributed by atoms with Crippen molar-refractivity contribution in [3.8, 4) is 11.1 Å². The lowest BCUT2D eigenvalue weighted by Gasteiger charge is -2.41. The molecule has 9 nitrogen and oxygen atoms in total. The summed E-state index contributed by atoms with van der Waals surface area (Å²) in [6.45, 7) is 2.80. The Bertz CT molecular complexity index is 1630. The number of carboxylic acid groups (broad SMARTS) is 1. The number of amides is 1. The number of aliphatic carboxylic acids is 1. The van der Waals surface area contributed by atoms with Crippen LogP contribution in [0.5, 0.6) is 0 Å². The molecule has 45 heavy (non-hydrogen) atoms. The van der Waals surface area contributed by atoms with Crippen molar-refractivity contribution in [1.29, 1.82) is 0 Å². The zero-order chi connectivity index (χ0) is 31.9. The molecule has 0 aliphatic carbocycles. The first kappa shape index (κ1) is 32.7. The van der Waals surface area contributed by atoms with Crippen LogP contribution >= 0.6 is 23.2 Å². The number of nitrogens with zero attached hydrogens (tertiary/aromatic N) is 2. The molecule has 4 atom stereocenters. The van der Waals surface area contributed by atoms with Crippen LogP contribution in [0.2, 0.25) is 10.3 Å². The number of ether oxygens (including phenoxy) is 2. The largest absolute Gasteiger partial charge is 0.481 e. The number of nitrogens with one attached hydrogen (secondary N) is 1. The molecule has 1 aliphatic rings. The third kappa shape index (κ3) is 8.31. The lowest BCUT2D eigenvalue weighted by molar-refractivity contribution is -0.276. The predicted octanol–water partition coefficient (Wildman–Crippen LogP) is 6.71. The van der Waals surface area contributed by atoms with E-state index in [1.807, 2.05) is 72.8 Å². The van der Waals surface area contributed by atoms with Crippen molar-refractivity contribution in [1.82, 2.24) is 14.9 Å². The topological polar surface area (TPSA) is 123 Å². The molecule has 4 aromatic rings. The molecule has 236 valence electrons. The van der Waals surface area contributed by atoms with E-state index in [0.717, 1.165) is 33.4 Å². The smallest absolute Gasteiger partial charge is 0.303 e. The van der Waals surface area contributed by atoms with Gasteiger partial charge in [0, 0.05) is 30.9 Å². The van der Waals surface area contributed by atoms with Gasteiger partial charge in [0.25, 0.3) is 0 Å². The molecule has 0 unspecified atom stereocenters. The van der Waals surface area contributed by atoms with Gasteiger partial charge in [-0.1, -0.05) is 90.8 Å². The molecule has 1 aromatic heterocycles. The summed E-state index contributed by atoms with van der Waals surface area (Å²) in [7, 11) is 0. The zero-order valence-electron chi connectivity index (χ0n) is 24.7. The summed E-state index contributed by atoms with van der Waals surface area (Å²) in [6.07, 6.45) is 0.765. The number of hydrogen-bond donors (Lipinski definition) is 3. The molecule has 3 N–H and O–H groups in total. The monoisotopic (exact) mass is 651 g/mol. The Labute approximate surface area is 271 Å². The van der Waals surface area contributed by atoms with Crippen LogP contribution in [-0.2, 0) is 38.8 Å². The number of benzene rings is 3. The van der Waals surface area contributed by atoms with Gasteiger partial charge in [0.15, 0.2) is 11.4 Å². The molecule has 11 heteroatoms. The van der Waals surface area contributed by atoms with E-state index >= 15 is 0 Å². The van der Waals surface area contributed by atoms with E-state index in [1.54, 1.807) is 10.9 Å². The molecule has 1 fully saturated rings. The predicted molar refractivity (Wildman–Crippen MR) is 170 cm³/mol. The Balaban J connectivity index is 1.36. The standard InChI is InChI=1S/C34H35Cl2N3O6/c1-21-28(18-39-20-38-32(35)33(39)36)44-34(45-31(21)24-13-11-22(19-40)12-14-24)27-8-3-7-26(16-27)25-6-2-5-23(15-25)17-37-29(41)9-4-10-30(42)43/h2-3,5-8,11-16,20-21,28,31,34,40H,4,9-10,17-19H2,1H3,(H,37,41)(H,42,43)/t21-,28+,31+,34+/m1/s1. The summed E-state index contributed by atoms with van der Waals surface area (Å²) in [5, 5.41) is 21.8. The van der Waals surface area contributed by atoms with Crippen LogP contribution in [0.25, 0.3) is 11.1 Å². The fourth-order valence-corrected chi connectivity index (χ4v) is 5.72. The van der Waals surface area contributed by atoms with Crippen molar-refractivity contribution in [2.75, 3.05) is 0 Å². The number of carboxylic acids is 1. The van der Waals surface area contributed by atoms with Gasteiger partial charge in [-0.3, -0.25) is 9.59 Å². The van der Waals surface area contributed by atoms with E-state index in [2.05, 4.69) is 17.2 Å². The van der Waals surface area contributed by atoms with Gasteiger partial charge in [-0.05, 0) is 46.4 Å². The summed E-state index contributed by atoms with van der Waals surface area (Å²) >= 11 is 12.5. The lowest BCUT2D eigenvalue weighted by atomic mass is 9.90. The van der Waals surface area contributed by atoms with Crippen LogP contribution < -0.4 is 5.32 Å². The van der Waals surface area contributed by atoms with E-state index < -0.39 is 12.3 Å². The number of rotatable bonds is 12. The van der Waals surface area contributed by atoms with Crippen LogP contribution in [0.3, 0.4) is 0 Å². The number of aliphatic hydroxyl groups excluding tert-OH is 1. The van der Waals surface area contributed by atoms with Crippen LogP contribution in [0.4, 0.5) is 0 Å². The summed E-state index contributed by atoms with van der Waals surface area (Å²) < 4.78 is 15.0. The molecule has 2 heterocycles. The Hall–Kier alpha value is -3.73. The Morgan fingerprint density at radius 3 is 2.36 bits per heavy atom. The van der Waals surface area contributed by atoms with Crippen molar-refractivity contribution in [3.63, 3.8) is 0 Å². The molecule has 0 spiro atoms. The second kappa shape index (κ2) is 15.0. The molecule has 1 saturated heterocycles. The minimum absolute atomic E-state index is 0.0320. The second-order valence-electron chi connectivity index (χ2n) is 11.2. The third-order valence-corrected chi connectivity index (χ3v) is 8.71. The summed E-state index contributed by atoms with van der Waals surface area (Å²) in [6, 6.07) is 23.6. The molecule has 0 saturated carbocycles. The van der Waals surface area contributed by atoms with Crippen molar-refractivity contribution >= 4 is 35.1 Å². The molecular formula is C34H35Cl2N3O6. The maximum atomic E-state index is 12.2. The van der Waals surface area contributed by atoms with Crippen molar-refractivity contribution in [2.45, 2.75) is 64.4 Å². The van der Waals surface area contributed by atoms with E-state index in [9.17, 15) is 14.7 Å². The fraction of sp³-hybridized carbons (Fsp3) is 0.324. The van der Waals surface area contributed by atoms with E-state index in [1.165, 1.54) is 0 Å². The van der Waals surface area contributed by atoms with E-state index in [-0.39, 0.29) is 48.6 Å². The molecule has 1 aliphatic heterocycles. The molecular weight excluding hydrogens is 617 g/mol. The highest BCUT2D eigenvalue weighted by atomic mass is 35.5. The average molecular weight is 653 g/mol. The van der Waals surface area contributed by atoms with Crippen LogP contribution in [0.1, 0.15) is 60.8 Å². The van der Waals surface area contributed by atoms with Crippen molar-refractivity contribution in [3.05, 3.63) is 112 Å². The Kier molecular flexibility index (Phi) is 10.9. The Morgan fingerprint density at radius 1 is 0.933 bits per heavy atom. The van der Waals surface area contributed by atoms with E-state index in [4.69, 9.17) is 37.8 Å². The van der Waals surface area contributed by atoms with Gasteiger partial charge in [0.05, 0.1) is 31.7 Å². The molecule has 3 aromatic carbocycles. The van der Waals surface area contributed by atoms with Crippen LogP contribution in [0.15, 0.2) is 79.1 Å². The zero-order valence-corrected chi connectivity index (χ0v) is 26.2. The van der Waals surface area contributed by atoms with Crippen LogP contribution in [0, 0.1) is 5.92 Å². The first-order valence-electron chi connectivity index (χ1n) is 14.8. The lowest BCUT2D eigenvalue weighted by Crippen LogP contribution is -2.39. The van der Waals surface area contributed by atoms with Gasteiger partial charge >= 0.3 is 5.97 Å². The van der Waals surface area contributed by atoms with Gasteiger partial charge in [-0.25, -0.2) is 4.98 Å². The van der Waals surface area contributed by atoms with Gasteiger partial charge in [0.2, 0.25) is 5.91 Å². The minimum atomic E-state index is -0.911. The molecule has 5 rings (SSSR count). The third-order valence-electron chi connectivity index (χ3n) is 7.94. The van der Waals surface area contributed by atoms with Gasteiger partial charge in [-0.2, -0.15) is 0 Å². The fourth-order valence-electron chi connectivity index (χ4n) is 5.41. The summed E-state index contributed by atoms with van der Waals surface area (Å²) in [5.41, 5.74) is 5.48. The Morgan fingerprint density at radius 2 is 1.67 bits per heavy atom. The first-order valence-corrected chi connectivity index (χ1v) is 15.5. The highest BCUT2D eigenvalue weighted by Crippen LogP contribution is 2.43. The number of hydrogen-bond acceptors (Lipinski definition) is 6. The number of aromatic nitrogens is 2. The molecule has 0 bridgehead atoms. The number of imidazole rings is 1. The maximum Gasteiger partial charge on any atom is 0.303 e. The maximum absolute atomic E-state index is 12.2. The van der Waals surface area contributed by atoms with E-state index in [0.29, 0.717) is 24.7 Å². The number of aliphatic hydroxyl groups is 1. The van der Waals surface area contributed by atoms with Crippen molar-refractivity contribution in [2.24, 2.45) is 5.92 Å². The quantitative estimate of drug-likeness (QED) is 0.156. The number of halogens is 2.